The first kappa shape index (κ1) is 18.7. The molecule has 1 aliphatic rings. The van der Waals surface area contributed by atoms with Crippen molar-refractivity contribution in [2.24, 2.45) is 0 Å². The standard InChI is InChI=1S/C21H17F2N5O/c22-19(23)18-17(12-26-28(18)16-6-9-25-10-7-16)20(29)27-21(13-24)8-5-14-3-1-2-4-15(14)11-21/h1-4,6-7,9-10,12,19H,5,8,11H2,(H,27,29). The molecule has 29 heavy (non-hydrogen) atoms. The van der Waals surface area contributed by atoms with Crippen LogP contribution in [0.3, 0.4) is 0 Å². The number of amides is 1. The molecule has 0 radical (unpaired) electrons. The number of hydrogen-bond acceptors (Lipinski definition) is 4. The highest BCUT2D eigenvalue weighted by atomic mass is 19.3. The Kier molecular flexibility index (Phi) is 4.80. The molecule has 2 heterocycles. The molecular weight excluding hydrogens is 376 g/mol. The average molecular weight is 393 g/mol. The summed E-state index contributed by atoms with van der Waals surface area (Å²) in [7, 11) is 0. The molecule has 0 bridgehead atoms. The quantitative estimate of drug-likeness (QED) is 0.737. The highest BCUT2D eigenvalue weighted by Crippen LogP contribution is 2.30. The molecule has 0 aliphatic heterocycles. The van der Waals surface area contributed by atoms with E-state index in [2.05, 4.69) is 21.5 Å². The van der Waals surface area contributed by atoms with E-state index in [1.807, 2.05) is 24.3 Å². The second kappa shape index (κ2) is 7.43. The van der Waals surface area contributed by atoms with Gasteiger partial charge in [-0.3, -0.25) is 9.78 Å². The van der Waals surface area contributed by atoms with Crippen LogP contribution >= 0.6 is 0 Å². The monoisotopic (exact) mass is 393 g/mol. The van der Waals surface area contributed by atoms with Gasteiger partial charge in [0, 0.05) is 18.8 Å². The molecular formula is C21H17F2N5O. The Hall–Kier alpha value is -3.60. The summed E-state index contributed by atoms with van der Waals surface area (Å²) in [6, 6.07) is 13.0. The van der Waals surface area contributed by atoms with Gasteiger partial charge in [0.25, 0.3) is 12.3 Å². The van der Waals surface area contributed by atoms with Crippen LogP contribution in [0.25, 0.3) is 5.69 Å². The number of nitrogens with one attached hydrogen (secondary N) is 1. The lowest BCUT2D eigenvalue weighted by molar-refractivity contribution is 0.0898. The normalized spacial score (nSPS) is 18.1. The number of benzene rings is 1. The summed E-state index contributed by atoms with van der Waals surface area (Å²) >= 11 is 0. The average Bonchev–Trinajstić information content (AvgIpc) is 3.20. The number of pyridine rings is 1. The molecule has 0 fully saturated rings. The molecule has 1 unspecified atom stereocenters. The van der Waals surface area contributed by atoms with Gasteiger partial charge in [0.05, 0.1) is 23.5 Å². The number of hydrogen-bond donors (Lipinski definition) is 1. The molecule has 2 aromatic heterocycles. The lowest BCUT2D eigenvalue weighted by Crippen LogP contribution is -2.51. The van der Waals surface area contributed by atoms with Crippen LogP contribution in [0.2, 0.25) is 0 Å². The summed E-state index contributed by atoms with van der Waals surface area (Å²) in [5.74, 6) is -0.735. The minimum atomic E-state index is -2.92. The molecule has 3 aromatic rings. The topological polar surface area (TPSA) is 83.6 Å². The summed E-state index contributed by atoms with van der Waals surface area (Å²) in [6.45, 7) is 0. The van der Waals surface area contributed by atoms with Crippen LogP contribution < -0.4 is 5.32 Å². The third-order valence-electron chi connectivity index (χ3n) is 5.16. The minimum Gasteiger partial charge on any atom is -0.333 e. The van der Waals surface area contributed by atoms with Crippen molar-refractivity contribution in [3.8, 4) is 11.8 Å². The Balaban J connectivity index is 1.65. The molecule has 1 N–H and O–H groups in total. The molecule has 0 spiro atoms. The number of carbonyl (C=O) groups excluding carboxylic acids is 1. The van der Waals surface area contributed by atoms with Crippen molar-refractivity contribution in [2.75, 3.05) is 0 Å². The van der Waals surface area contributed by atoms with E-state index >= 15 is 0 Å². The summed E-state index contributed by atoms with van der Waals surface area (Å²) in [5.41, 5.74) is 0.566. The molecule has 1 atom stereocenters. The van der Waals surface area contributed by atoms with Gasteiger partial charge in [-0.1, -0.05) is 24.3 Å². The second-order valence-corrected chi connectivity index (χ2v) is 6.95. The zero-order valence-electron chi connectivity index (χ0n) is 15.3. The van der Waals surface area contributed by atoms with Crippen molar-refractivity contribution >= 4 is 5.91 Å². The molecule has 6 nitrogen and oxygen atoms in total. The number of aryl methyl sites for hydroxylation is 1. The Morgan fingerprint density at radius 2 is 1.93 bits per heavy atom. The number of nitriles is 1. The van der Waals surface area contributed by atoms with E-state index in [1.165, 1.54) is 24.5 Å². The Morgan fingerprint density at radius 1 is 1.21 bits per heavy atom. The van der Waals surface area contributed by atoms with E-state index in [9.17, 15) is 18.8 Å². The molecule has 1 amide bonds. The maximum atomic E-state index is 13.8. The smallest absolute Gasteiger partial charge is 0.281 e. The Labute approximate surface area is 165 Å². The van der Waals surface area contributed by atoms with Crippen LogP contribution in [0.5, 0.6) is 0 Å². The zero-order valence-corrected chi connectivity index (χ0v) is 15.3. The second-order valence-electron chi connectivity index (χ2n) is 6.95. The zero-order chi connectivity index (χ0) is 20.4. The molecule has 146 valence electrons. The first-order chi connectivity index (χ1) is 14.0. The highest BCUT2D eigenvalue weighted by molar-refractivity contribution is 5.96. The first-order valence-corrected chi connectivity index (χ1v) is 9.10. The SMILES string of the molecule is N#CC1(NC(=O)c2cnn(-c3ccncc3)c2C(F)F)CCc2ccccc2C1. The predicted molar refractivity (Wildman–Crippen MR) is 101 cm³/mol. The third kappa shape index (κ3) is 3.47. The molecule has 4 rings (SSSR count). The van der Waals surface area contributed by atoms with Crippen molar-refractivity contribution < 1.29 is 13.6 Å². The highest BCUT2D eigenvalue weighted by Gasteiger charge is 2.37. The molecule has 1 aliphatic carbocycles. The Bertz CT molecular complexity index is 1090. The van der Waals surface area contributed by atoms with Gasteiger partial charge < -0.3 is 5.32 Å². The first-order valence-electron chi connectivity index (χ1n) is 9.10. The van der Waals surface area contributed by atoms with Crippen LogP contribution in [0, 0.1) is 11.3 Å². The van der Waals surface area contributed by atoms with Crippen LogP contribution in [-0.2, 0) is 12.8 Å². The lowest BCUT2D eigenvalue weighted by atomic mass is 9.78. The van der Waals surface area contributed by atoms with Gasteiger partial charge in [0.2, 0.25) is 0 Å². The molecule has 0 saturated heterocycles. The predicted octanol–water partition coefficient (Wildman–Crippen LogP) is 3.39. The van der Waals surface area contributed by atoms with E-state index < -0.39 is 23.6 Å². The Morgan fingerprint density at radius 3 is 2.62 bits per heavy atom. The number of nitrogens with zero attached hydrogens (tertiary/aromatic N) is 4. The van der Waals surface area contributed by atoms with Crippen LogP contribution in [0.4, 0.5) is 8.78 Å². The van der Waals surface area contributed by atoms with Crippen LogP contribution in [-0.4, -0.2) is 26.2 Å². The summed E-state index contributed by atoms with van der Waals surface area (Å²) in [6.07, 6.45) is 2.47. The number of fused-ring (bicyclic) bond motifs is 1. The molecule has 8 heteroatoms. The fourth-order valence-corrected chi connectivity index (χ4v) is 3.68. The van der Waals surface area contributed by atoms with Crippen molar-refractivity contribution in [3.63, 3.8) is 0 Å². The maximum Gasteiger partial charge on any atom is 0.281 e. The number of halogens is 2. The van der Waals surface area contributed by atoms with E-state index in [-0.39, 0.29) is 5.56 Å². The van der Waals surface area contributed by atoms with Crippen molar-refractivity contribution in [1.82, 2.24) is 20.1 Å². The summed E-state index contributed by atoms with van der Waals surface area (Å²) in [4.78, 5) is 16.8. The van der Waals surface area contributed by atoms with Gasteiger partial charge in [0.1, 0.15) is 11.2 Å². The molecule has 1 aromatic carbocycles. The largest absolute Gasteiger partial charge is 0.333 e. The maximum absolute atomic E-state index is 13.8. The van der Waals surface area contributed by atoms with Crippen molar-refractivity contribution in [1.29, 1.82) is 5.26 Å². The number of rotatable bonds is 4. The number of alkyl halides is 2. The number of aromatic nitrogens is 3. The summed E-state index contributed by atoms with van der Waals surface area (Å²) in [5, 5.41) is 16.5. The van der Waals surface area contributed by atoms with E-state index in [4.69, 9.17) is 0 Å². The molecule has 0 saturated carbocycles. The number of carbonyl (C=O) groups is 1. The van der Waals surface area contributed by atoms with Gasteiger partial charge in [0.15, 0.2) is 0 Å². The fraction of sp³-hybridized carbons (Fsp3) is 0.238. The van der Waals surface area contributed by atoms with Gasteiger partial charge in [-0.25, -0.2) is 13.5 Å². The minimum absolute atomic E-state index is 0.245. The van der Waals surface area contributed by atoms with Gasteiger partial charge >= 0.3 is 0 Å². The van der Waals surface area contributed by atoms with Gasteiger partial charge in [-0.05, 0) is 36.1 Å². The van der Waals surface area contributed by atoms with Crippen LogP contribution in [0.1, 0.15) is 40.0 Å². The van der Waals surface area contributed by atoms with E-state index in [0.717, 1.165) is 22.0 Å². The lowest BCUT2D eigenvalue weighted by Gasteiger charge is -2.33. The van der Waals surface area contributed by atoms with Crippen molar-refractivity contribution in [3.05, 3.63) is 77.4 Å². The fourth-order valence-electron chi connectivity index (χ4n) is 3.68. The summed E-state index contributed by atoms with van der Waals surface area (Å²) < 4.78 is 28.6. The van der Waals surface area contributed by atoms with E-state index in [1.54, 1.807) is 0 Å². The van der Waals surface area contributed by atoms with E-state index in [0.29, 0.717) is 24.9 Å². The van der Waals surface area contributed by atoms with Crippen molar-refractivity contribution in [2.45, 2.75) is 31.2 Å². The van der Waals surface area contributed by atoms with Gasteiger partial charge in [-0.15, -0.1) is 0 Å². The van der Waals surface area contributed by atoms with Gasteiger partial charge in [-0.2, -0.15) is 10.4 Å². The third-order valence-corrected chi connectivity index (χ3v) is 5.16. The van der Waals surface area contributed by atoms with Crippen LogP contribution in [0.15, 0.2) is 55.0 Å².